The zero-order chi connectivity index (χ0) is 10.6. The van der Waals surface area contributed by atoms with Crippen LogP contribution in [0.1, 0.15) is 18.9 Å². The molecule has 0 heterocycles. The number of nitriles is 1. The highest BCUT2D eigenvalue weighted by Crippen LogP contribution is 2.20. The van der Waals surface area contributed by atoms with E-state index < -0.39 is 11.6 Å². The quantitative estimate of drug-likeness (QED) is 0.806. The van der Waals surface area contributed by atoms with Crippen molar-refractivity contribution in [2.24, 2.45) is 0 Å². The molecular formula is C10H10F2N2. The Kier molecular flexibility index (Phi) is 3.41. The highest BCUT2D eigenvalue weighted by atomic mass is 19.1. The van der Waals surface area contributed by atoms with Crippen LogP contribution in [0.3, 0.4) is 0 Å². The van der Waals surface area contributed by atoms with Gasteiger partial charge in [-0.1, -0.05) is 6.92 Å². The van der Waals surface area contributed by atoms with E-state index in [1.165, 1.54) is 0 Å². The molecule has 1 aromatic rings. The van der Waals surface area contributed by atoms with E-state index in [2.05, 4.69) is 5.32 Å². The van der Waals surface area contributed by atoms with Crippen LogP contribution in [0.25, 0.3) is 0 Å². The van der Waals surface area contributed by atoms with E-state index in [1.807, 2.05) is 6.92 Å². The Labute approximate surface area is 81.2 Å². The van der Waals surface area contributed by atoms with E-state index in [9.17, 15) is 8.78 Å². The first-order valence-electron chi connectivity index (χ1n) is 4.32. The molecule has 0 aromatic heterocycles. The molecule has 0 saturated heterocycles. The summed E-state index contributed by atoms with van der Waals surface area (Å²) in [4.78, 5) is 0. The molecule has 0 aliphatic rings. The summed E-state index contributed by atoms with van der Waals surface area (Å²) >= 11 is 0. The number of nitrogens with zero attached hydrogens (tertiary/aromatic N) is 1. The summed E-state index contributed by atoms with van der Waals surface area (Å²) in [5.41, 5.74) is -0.173. The van der Waals surface area contributed by atoms with Crippen LogP contribution in [0, 0.1) is 23.0 Å². The molecule has 0 radical (unpaired) electrons. The van der Waals surface area contributed by atoms with Gasteiger partial charge in [0.25, 0.3) is 0 Å². The van der Waals surface area contributed by atoms with Crippen LogP contribution in [0.2, 0.25) is 0 Å². The van der Waals surface area contributed by atoms with E-state index in [1.54, 1.807) is 6.07 Å². The largest absolute Gasteiger partial charge is 0.380 e. The predicted octanol–water partition coefficient (Wildman–Crippen LogP) is 2.66. The van der Waals surface area contributed by atoms with Crippen molar-refractivity contribution in [2.45, 2.75) is 13.3 Å². The lowest BCUT2D eigenvalue weighted by Gasteiger charge is -2.07. The molecule has 1 rings (SSSR count). The molecule has 2 nitrogen and oxygen atoms in total. The number of halogens is 2. The number of benzene rings is 1. The first-order chi connectivity index (χ1) is 6.69. The minimum absolute atomic E-state index is 0.0120. The van der Waals surface area contributed by atoms with Gasteiger partial charge >= 0.3 is 0 Å². The maximum absolute atomic E-state index is 13.2. The summed E-state index contributed by atoms with van der Waals surface area (Å²) in [5.74, 6) is -1.45. The molecular weight excluding hydrogens is 186 g/mol. The Morgan fingerprint density at radius 1 is 1.36 bits per heavy atom. The van der Waals surface area contributed by atoms with Gasteiger partial charge in [0.05, 0.1) is 11.6 Å². The average molecular weight is 196 g/mol. The Balaban J connectivity index is 3.01. The van der Waals surface area contributed by atoms with E-state index in [-0.39, 0.29) is 11.3 Å². The van der Waals surface area contributed by atoms with Crippen molar-refractivity contribution in [3.8, 4) is 6.07 Å². The normalized spacial score (nSPS) is 9.57. The third-order valence-corrected chi connectivity index (χ3v) is 1.72. The van der Waals surface area contributed by atoms with Crippen LogP contribution in [-0.4, -0.2) is 6.54 Å². The van der Waals surface area contributed by atoms with Crippen molar-refractivity contribution in [3.63, 3.8) is 0 Å². The second-order valence-electron chi connectivity index (χ2n) is 2.85. The van der Waals surface area contributed by atoms with E-state index in [0.29, 0.717) is 6.54 Å². The molecule has 0 aliphatic carbocycles. The smallest absolute Gasteiger partial charge is 0.150 e. The van der Waals surface area contributed by atoms with E-state index in [0.717, 1.165) is 18.6 Å². The molecule has 1 N–H and O–H groups in total. The van der Waals surface area contributed by atoms with Gasteiger partial charge in [0, 0.05) is 6.54 Å². The molecule has 14 heavy (non-hydrogen) atoms. The van der Waals surface area contributed by atoms with Gasteiger partial charge < -0.3 is 5.32 Å². The topological polar surface area (TPSA) is 35.8 Å². The van der Waals surface area contributed by atoms with Crippen molar-refractivity contribution in [3.05, 3.63) is 29.3 Å². The number of hydrogen-bond donors (Lipinski definition) is 1. The van der Waals surface area contributed by atoms with Crippen molar-refractivity contribution >= 4 is 5.69 Å². The first-order valence-corrected chi connectivity index (χ1v) is 4.32. The van der Waals surface area contributed by atoms with Crippen molar-refractivity contribution in [2.75, 3.05) is 11.9 Å². The molecule has 0 aliphatic heterocycles. The van der Waals surface area contributed by atoms with Gasteiger partial charge in [-0.25, -0.2) is 8.78 Å². The first kappa shape index (κ1) is 10.5. The Bertz CT molecular complexity index is 346. The molecule has 0 bridgehead atoms. The summed E-state index contributed by atoms with van der Waals surface area (Å²) in [7, 11) is 0. The Hall–Kier alpha value is -1.63. The van der Waals surface area contributed by atoms with Crippen molar-refractivity contribution in [1.29, 1.82) is 5.26 Å². The van der Waals surface area contributed by atoms with Crippen LogP contribution in [0.4, 0.5) is 14.5 Å². The van der Waals surface area contributed by atoms with Gasteiger partial charge in [0.15, 0.2) is 11.6 Å². The van der Waals surface area contributed by atoms with E-state index >= 15 is 0 Å². The summed E-state index contributed by atoms with van der Waals surface area (Å²) < 4.78 is 26.3. The summed E-state index contributed by atoms with van der Waals surface area (Å²) in [6.07, 6.45) is 0.777. The van der Waals surface area contributed by atoms with Crippen LogP contribution >= 0.6 is 0 Å². The lowest BCUT2D eigenvalue weighted by atomic mass is 10.2. The summed E-state index contributed by atoms with van der Waals surface area (Å²) in [6, 6.07) is 3.71. The van der Waals surface area contributed by atoms with Gasteiger partial charge in [-0.3, -0.25) is 0 Å². The molecule has 0 saturated carbocycles. The van der Waals surface area contributed by atoms with Crippen LogP contribution in [0.5, 0.6) is 0 Å². The molecule has 0 atom stereocenters. The van der Waals surface area contributed by atoms with Gasteiger partial charge in [-0.2, -0.15) is 5.26 Å². The predicted molar refractivity (Wildman–Crippen MR) is 49.9 cm³/mol. The molecule has 0 spiro atoms. The van der Waals surface area contributed by atoms with Gasteiger partial charge in [-0.05, 0) is 18.6 Å². The van der Waals surface area contributed by atoms with Gasteiger partial charge in [0.1, 0.15) is 5.69 Å². The molecule has 0 unspecified atom stereocenters. The fourth-order valence-corrected chi connectivity index (χ4v) is 1.06. The fraction of sp³-hybridized carbons (Fsp3) is 0.300. The van der Waals surface area contributed by atoms with Crippen LogP contribution < -0.4 is 5.32 Å². The minimum atomic E-state index is -0.727. The maximum Gasteiger partial charge on any atom is 0.150 e. The Morgan fingerprint density at radius 3 is 2.36 bits per heavy atom. The number of hydrogen-bond acceptors (Lipinski definition) is 2. The molecule has 4 heteroatoms. The van der Waals surface area contributed by atoms with Crippen molar-refractivity contribution in [1.82, 2.24) is 0 Å². The van der Waals surface area contributed by atoms with Crippen molar-refractivity contribution < 1.29 is 8.78 Å². The minimum Gasteiger partial charge on any atom is -0.380 e. The second kappa shape index (κ2) is 4.56. The van der Waals surface area contributed by atoms with Gasteiger partial charge in [-0.15, -0.1) is 0 Å². The lowest BCUT2D eigenvalue weighted by Crippen LogP contribution is -2.04. The number of rotatable bonds is 3. The maximum atomic E-state index is 13.2. The fourth-order valence-electron chi connectivity index (χ4n) is 1.06. The monoisotopic (exact) mass is 196 g/mol. The summed E-state index contributed by atoms with van der Waals surface area (Å²) in [6.45, 7) is 2.40. The van der Waals surface area contributed by atoms with Gasteiger partial charge in [0.2, 0.25) is 0 Å². The number of nitrogens with one attached hydrogen (secondary N) is 1. The van der Waals surface area contributed by atoms with Crippen LogP contribution in [-0.2, 0) is 0 Å². The van der Waals surface area contributed by atoms with E-state index in [4.69, 9.17) is 5.26 Å². The molecule has 0 fully saturated rings. The second-order valence-corrected chi connectivity index (χ2v) is 2.85. The summed E-state index contributed by atoms with van der Waals surface area (Å²) in [5, 5.41) is 11.1. The number of anilines is 1. The molecule has 0 amide bonds. The van der Waals surface area contributed by atoms with Crippen LogP contribution in [0.15, 0.2) is 12.1 Å². The zero-order valence-electron chi connectivity index (χ0n) is 7.77. The molecule has 1 aromatic carbocycles. The highest BCUT2D eigenvalue weighted by molar-refractivity contribution is 5.50. The molecule has 74 valence electrons. The Morgan fingerprint density at radius 2 is 1.93 bits per heavy atom. The SMILES string of the molecule is CCCNc1c(F)cc(C#N)cc1F. The third-order valence-electron chi connectivity index (χ3n) is 1.72. The lowest BCUT2D eigenvalue weighted by molar-refractivity contribution is 0.587. The third kappa shape index (κ3) is 2.19. The standard InChI is InChI=1S/C10H10F2N2/c1-2-3-14-10-8(11)4-7(6-13)5-9(10)12/h4-5,14H,2-3H2,1H3. The zero-order valence-corrected chi connectivity index (χ0v) is 7.77. The average Bonchev–Trinajstić information content (AvgIpc) is 2.16. The highest BCUT2D eigenvalue weighted by Gasteiger charge is 2.09.